The molecule has 0 atom stereocenters. The van der Waals surface area contributed by atoms with Gasteiger partial charge in [0.25, 0.3) is 0 Å². The minimum Gasteiger partial charge on any atom is -0.488 e. The molecule has 2 rings (SSSR count). The fourth-order valence-electron chi connectivity index (χ4n) is 1.10. The second-order valence-corrected chi connectivity index (χ2v) is 3.81. The summed E-state index contributed by atoms with van der Waals surface area (Å²) in [5.41, 5.74) is 0. The molecule has 1 aromatic rings. The van der Waals surface area contributed by atoms with Gasteiger partial charge in [-0.2, -0.15) is 0 Å². The molecule has 0 bridgehead atoms. The van der Waals surface area contributed by atoms with Gasteiger partial charge < -0.3 is 4.74 Å². The van der Waals surface area contributed by atoms with Crippen LogP contribution in [0.5, 0.6) is 5.75 Å². The molecule has 69 valence electrons. The predicted octanol–water partition coefficient (Wildman–Crippen LogP) is 2.36. The monoisotopic (exact) mass is 216 g/mol. The van der Waals surface area contributed by atoms with Crippen LogP contribution in [0, 0.1) is 0 Å². The van der Waals surface area contributed by atoms with Crippen molar-refractivity contribution in [2.24, 2.45) is 0 Å². The zero-order valence-corrected chi connectivity index (χ0v) is 8.35. The highest BCUT2D eigenvalue weighted by atomic mass is 35.5. The summed E-state index contributed by atoms with van der Waals surface area (Å²) in [6.07, 6.45) is 0.203. The van der Waals surface area contributed by atoms with Crippen LogP contribution in [0.3, 0.4) is 0 Å². The third-order valence-electron chi connectivity index (χ3n) is 1.80. The van der Waals surface area contributed by atoms with Gasteiger partial charge in [0.15, 0.2) is 0 Å². The molecular weight excluding hydrogens is 209 g/mol. The highest BCUT2D eigenvalue weighted by molar-refractivity contribution is 6.34. The fraction of sp³-hybridized carbons (Fsp3) is 0.333. The first-order valence-corrected chi connectivity index (χ1v) is 4.75. The van der Waals surface area contributed by atoms with Crippen LogP contribution in [0.15, 0.2) is 18.2 Å². The van der Waals surface area contributed by atoms with E-state index >= 15 is 0 Å². The second kappa shape index (κ2) is 3.74. The molecular formula is C9H8Cl2NO. The summed E-state index contributed by atoms with van der Waals surface area (Å²) in [7, 11) is 0. The van der Waals surface area contributed by atoms with Gasteiger partial charge in [0.1, 0.15) is 11.9 Å². The van der Waals surface area contributed by atoms with Crippen LogP contribution in [-0.4, -0.2) is 19.2 Å². The number of benzene rings is 1. The van der Waals surface area contributed by atoms with Gasteiger partial charge in [-0.25, -0.2) is 5.32 Å². The molecule has 1 aromatic carbocycles. The molecule has 1 saturated heterocycles. The average Bonchev–Trinajstić information content (AvgIpc) is 1.95. The minimum absolute atomic E-state index is 0.203. The van der Waals surface area contributed by atoms with Crippen molar-refractivity contribution in [3.63, 3.8) is 0 Å². The zero-order valence-electron chi connectivity index (χ0n) is 6.84. The Labute approximate surface area is 86.8 Å². The van der Waals surface area contributed by atoms with Crippen molar-refractivity contribution >= 4 is 23.2 Å². The zero-order chi connectivity index (χ0) is 9.26. The lowest BCUT2D eigenvalue weighted by Gasteiger charge is -2.26. The molecule has 0 aliphatic carbocycles. The van der Waals surface area contributed by atoms with Crippen molar-refractivity contribution in [2.75, 3.05) is 13.1 Å². The lowest BCUT2D eigenvalue weighted by molar-refractivity contribution is 0.139. The van der Waals surface area contributed by atoms with E-state index in [1.54, 1.807) is 18.2 Å². The van der Waals surface area contributed by atoms with Crippen LogP contribution >= 0.6 is 23.2 Å². The van der Waals surface area contributed by atoms with Crippen LogP contribution in [-0.2, 0) is 0 Å². The number of hydrogen-bond donors (Lipinski definition) is 0. The Morgan fingerprint density at radius 2 is 1.77 bits per heavy atom. The number of ether oxygens (including phenoxy) is 1. The van der Waals surface area contributed by atoms with Gasteiger partial charge in [0.2, 0.25) is 0 Å². The maximum Gasteiger partial charge on any atom is 0.127 e. The normalized spacial score (nSPS) is 16.8. The van der Waals surface area contributed by atoms with Gasteiger partial charge in [-0.1, -0.05) is 23.2 Å². The standard InChI is InChI=1S/C9H8Cl2NO/c10-6-1-7(11)3-8(2-6)13-9-4-12-5-9/h1-3,9H,4-5H2. The highest BCUT2D eigenvalue weighted by Crippen LogP contribution is 2.25. The van der Waals surface area contributed by atoms with E-state index in [2.05, 4.69) is 5.32 Å². The van der Waals surface area contributed by atoms with E-state index in [1.807, 2.05) is 0 Å². The van der Waals surface area contributed by atoms with Gasteiger partial charge in [0.05, 0.1) is 13.1 Å². The maximum atomic E-state index is 5.81. The maximum absolute atomic E-state index is 5.81. The second-order valence-electron chi connectivity index (χ2n) is 2.93. The number of halogens is 2. The third-order valence-corrected chi connectivity index (χ3v) is 2.24. The predicted molar refractivity (Wildman–Crippen MR) is 52.7 cm³/mol. The van der Waals surface area contributed by atoms with E-state index in [4.69, 9.17) is 27.9 Å². The lowest BCUT2D eigenvalue weighted by atomic mass is 10.2. The van der Waals surface area contributed by atoms with E-state index in [1.165, 1.54) is 0 Å². The molecule has 1 fully saturated rings. The molecule has 1 radical (unpaired) electrons. The number of rotatable bonds is 2. The fourth-order valence-corrected chi connectivity index (χ4v) is 1.60. The first-order valence-electron chi connectivity index (χ1n) is 4.00. The first-order chi connectivity index (χ1) is 6.24. The van der Waals surface area contributed by atoms with Crippen molar-refractivity contribution in [2.45, 2.75) is 6.10 Å². The Kier molecular flexibility index (Phi) is 2.63. The summed E-state index contributed by atoms with van der Waals surface area (Å²) >= 11 is 11.6. The minimum atomic E-state index is 0.203. The molecule has 1 aliphatic heterocycles. The van der Waals surface area contributed by atoms with Gasteiger partial charge in [0, 0.05) is 10.0 Å². The van der Waals surface area contributed by atoms with Crippen LogP contribution in [0.4, 0.5) is 0 Å². The van der Waals surface area contributed by atoms with Gasteiger partial charge in [-0.15, -0.1) is 0 Å². The van der Waals surface area contributed by atoms with Crippen molar-refractivity contribution in [3.8, 4) is 5.75 Å². The Balaban J connectivity index is 2.10. The molecule has 0 amide bonds. The quantitative estimate of drug-likeness (QED) is 0.745. The Morgan fingerprint density at radius 1 is 1.15 bits per heavy atom. The summed E-state index contributed by atoms with van der Waals surface area (Å²) in [6.45, 7) is 1.54. The SMILES string of the molecule is Clc1cc(Cl)cc(OC2C[N]C2)c1. The average molecular weight is 217 g/mol. The van der Waals surface area contributed by atoms with Crippen LogP contribution < -0.4 is 10.1 Å². The van der Waals surface area contributed by atoms with E-state index in [-0.39, 0.29) is 6.10 Å². The van der Waals surface area contributed by atoms with Gasteiger partial charge >= 0.3 is 0 Å². The summed E-state index contributed by atoms with van der Waals surface area (Å²) < 4.78 is 5.55. The van der Waals surface area contributed by atoms with Crippen molar-refractivity contribution in [3.05, 3.63) is 28.2 Å². The van der Waals surface area contributed by atoms with Crippen molar-refractivity contribution in [1.82, 2.24) is 5.32 Å². The van der Waals surface area contributed by atoms with Gasteiger partial charge in [-0.05, 0) is 18.2 Å². The highest BCUT2D eigenvalue weighted by Gasteiger charge is 2.19. The van der Waals surface area contributed by atoms with E-state index in [0.29, 0.717) is 10.0 Å². The molecule has 0 unspecified atom stereocenters. The molecule has 0 saturated carbocycles. The van der Waals surface area contributed by atoms with E-state index in [0.717, 1.165) is 18.8 Å². The molecule has 4 heteroatoms. The first kappa shape index (κ1) is 9.13. The molecule has 0 aromatic heterocycles. The van der Waals surface area contributed by atoms with Crippen molar-refractivity contribution < 1.29 is 4.74 Å². The van der Waals surface area contributed by atoms with Gasteiger partial charge in [-0.3, -0.25) is 0 Å². The number of nitrogens with zero attached hydrogens (tertiary/aromatic N) is 1. The molecule has 2 nitrogen and oxygen atoms in total. The molecule has 1 aliphatic rings. The summed E-state index contributed by atoms with van der Waals surface area (Å²) in [5, 5.41) is 5.24. The molecule has 13 heavy (non-hydrogen) atoms. The summed E-state index contributed by atoms with van der Waals surface area (Å²) in [4.78, 5) is 0. The largest absolute Gasteiger partial charge is 0.488 e. The van der Waals surface area contributed by atoms with Crippen LogP contribution in [0.1, 0.15) is 0 Å². The van der Waals surface area contributed by atoms with E-state index < -0.39 is 0 Å². The molecule has 0 N–H and O–H groups in total. The Hall–Kier alpha value is -0.440. The molecule has 1 heterocycles. The Bertz CT molecular complexity index is 292. The van der Waals surface area contributed by atoms with E-state index in [9.17, 15) is 0 Å². The Morgan fingerprint density at radius 3 is 2.23 bits per heavy atom. The number of hydrogen-bond acceptors (Lipinski definition) is 1. The topological polar surface area (TPSA) is 23.3 Å². The van der Waals surface area contributed by atoms with Crippen molar-refractivity contribution in [1.29, 1.82) is 0 Å². The van der Waals surface area contributed by atoms with Crippen LogP contribution in [0.2, 0.25) is 10.0 Å². The lowest BCUT2D eigenvalue weighted by Crippen LogP contribution is -2.45. The third kappa shape index (κ3) is 2.27. The summed E-state index contributed by atoms with van der Waals surface area (Å²) in [6, 6.07) is 5.19. The molecule has 0 spiro atoms. The summed E-state index contributed by atoms with van der Waals surface area (Å²) in [5.74, 6) is 0.720. The van der Waals surface area contributed by atoms with Crippen LogP contribution in [0.25, 0.3) is 0 Å². The smallest absolute Gasteiger partial charge is 0.127 e.